The number of rotatable bonds is 3. The van der Waals surface area contributed by atoms with Gasteiger partial charge in [-0.1, -0.05) is 0 Å². The van der Waals surface area contributed by atoms with Gasteiger partial charge >= 0.3 is 0 Å². The summed E-state index contributed by atoms with van der Waals surface area (Å²) in [5.74, 6) is 0.840. The van der Waals surface area contributed by atoms with Crippen LogP contribution in [0.3, 0.4) is 0 Å². The number of hydrogen-bond donors (Lipinski definition) is 1. The SMILES string of the molecule is COc1ccc(NC2(C#N)CCN3CCCC3C2)cc1. The molecule has 0 aromatic heterocycles. The van der Waals surface area contributed by atoms with E-state index >= 15 is 0 Å². The van der Waals surface area contributed by atoms with E-state index in [0.29, 0.717) is 6.04 Å². The highest BCUT2D eigenvalue weighted by Crippen LogP contribution is 2.35. The number of nitrogens with one attached hydrogen (secondary N) is 1. The molecule has 2 saturated heterocycles. The third kappa shape index (κ3) is 2.46. The second-order valence-electron chi connectivity index (χ2n) is 5.83. The highest BCUT2D eigenvalue weighted by atomic mass is 16.5. The van der Waals surface area contributed by atoms with Gasteiger partial charge in [-0.15, -0.1) is 0 Å². The molecule has 0 spiro atoms. The van der Waals surface area contributed by atoms with Gasteiger partial charge in [0.15, 0.2) is 0 Å². The molecule has 0 amide bonds. The van der Waals surface area contributed by atoms with Crippen LogP contribution in [0.15, 0.2) is 24.3 Å². The zero-order chi connectivity index (χ0) is 14.0. The van der Waals surface area contributed by atoms with Crippen molar-refractivity contribution >= 4 is 5.69 Å². The Hall–Kier alpha value is -1.73. The Morgan fingerprint density at radius 3 is 2.85 bits per heavy atom. The summed E-state index contributed by atoms with van der Waals surface area (Å²) in [6.45, 7) is 2.23. The summed E-state index contributed by atoms with van der Waals surface area (Å²) in [6, 6.07) is 10.9. The quantitative estimate of drug-likeness (QED) is 0.918. The van der Waals surface area contributed by atoms with Gasteiger partial charge < -0.3 is 15.0 Å². The van der Waals surface area contributed by atoms with Gasteiger partial charge in [-0.2, -0.15) is 5.26 Å². The third-order valence-electron chi connectivity index (χ3n) is 4.60. The number of fused-ring (bicyclic) bond motifs is 1. The fraction of sp³-hybridized carbons (Fsp3) is 0.562. The Morgan fingerprint density at radius 2 is 2.15 bits per heavy atom. The van der Waals surface area contributed by atoms with Crippen LogP contribution in [0.25, 0.3) is 0 Å². The summed E-state index contributed by atoms with van der Waals surface area (Å²) in [7, 11) is 1.66. The van der Waals surface area contributed by atoms with Gasteiger partial charge in [-0.05, 0) is 56.5 Å². The lowest BCUT2D eigenvalue weighted by Crippen LogP contribution is -2.51. The zero-order valence-electron chi connectivity index (χ0n) is 11.9. The summed E-state index contributed by atoms with van der Waals surface area (Å²) in [6.07, 6.45) is 4.32. The third-order valence-corrected chi connectivity index (χ3v) is 4.60. The number of benzene rings is 1. The zero-order valence-corrected chi connectivity index (χ0v) is 11.9. The Kier molecular flexibility index (Phi) is 3.54. The highest BCUT2D eigenvalue weighted by Gasteiger charge is 2.41. The summed E-state index contributed by atoms with van der Waals surface area (Å²) in [4.78, 5) is 2.53. The molecule has 2 atom stereocenters. The van der Waals surface area contributed by atoms with E-state index in [1.165, 1.54) is 19.4 Å². The van der Waals surface area contributed by atoms with Crippen molar-refractivity contribution < 1.29 is 4.74 Å². The first kappa shape index (κ1) is 13.3. The molecular formula is C16H21N3O. The van der Waals surface area contributed by atoms with Crippen LogP contribution in [-0.2, 0) is 0 Å². The minimum atomic E-state index is -0.417. The molecule has 1 N–H and O–H groups in total. The molecular weight excluding hydrogens is 250 g/mol. The van der Waals surface area contributed by atoms with Gasteiger partial charge in [0.05, 0.1) is 13.2 Å². The molecule has 0 saturated carbocycles. The van der Waals surface area contributed by atoms with E-state index in [1.807, 2.05) is 24.3 Å². The van der Waals surface area contributed by atoms with Crippen LogP contribution in [0.1, 0.15) is 25.7 Å². The number of hydrogen-bond acceptors (Lipinski definition) is 4. The highest BCUT2D eigenvalue weighted by molar-refractivity contribution is 5.50. The summed E-state index contributed by atoms with van der Waals surface area (Å²) >= 11 is 0. The number of methoxy groups -OCH3 is 1. The Balaban J connectivity index is 1.74. The lowest BCUT2D eigenvalue weighted by atomic mass is 9.84. The molecule has 0 aliphatic carbocycles. The number of nitriles is 1. The minimum Gasteiger partial charge on any atom is -0.497 e. The Morgan fingerprint density at radius 1 is 1.35 bits per heavy atom. The summed E-state index contributed by atoms with van der Waals surface area (Å²) < 4.78 is 5.17. The maximum Gasteiger partial charge on any atom is 0.128 e. The number of piperidine rings is 1. The van der Waals surface area contributed by atoms with Crippen LogP contribution in [0.2, 0.25) is 0 Å². The first-order valence-electron chi connectivity index (χ1n) is 7.32. The van der Waals surface area contributed by atoms with Crippen LogP contribution < -0.4 is 10.1 Å². The van der Waals surface area contributed by atoms with Crippen LogP contribution >= 0.6 is 0 Å². The van der Waals surface area contributed by atoms with E-state index < -0.39 is 5.54 Å². The maximum absolute atomic E-state index is 9.67. The fourth-order valence-corrected chi connectivity index (χ4v) is 3.45. The van der Waals surface area contributed by atoms with Crippen molar-refractivity contribution in [1.29, 1.82) is 5.26 Å². The topological polar surface area (TPSA) is 48.3 Å². The minimum absolute atomic E-state index is 0.417. The van der Waals surface area contributed by atoms with Crippen molar-refractivity contribution in [3.05, 3.63) is 24.3 Å². The van der Waals surface area contributed by atoms with Crippen molar-refractivity contribution in [3.8, 4) is 11.8 Å². The molecule has 2 heterocycles. The molecule has 1 aromatic rings. The van der Waals surface area contributed by atoms with Gasteiger partial charge in [-0.25, -0.2) is 0 Å². The van der Waals surface area contributed by atoms with Crippen molar-refractivity contribution in [2.24, 2.45) is 0 Å². The Labute approximate surface area is 120 Å². The summed E-state index contributed by atoms with van der Waals surface area (Å²) in [5, 5.41) is 13.1. The molecule has 106 valence electrons. The van der Waals surface area contributed by atoms with Gasteiger partial charge in [0.1, 0.15) is 11.3 Å². The second-order valence-corrected chi connectivity index (χ2v) is 5.83. The predicted molar refractivity (Wildman–Crippen MR) is 78.8 cm³/mol. The van der Waals surface area contributed by atoms with Crippen molar-refractivity contribution in [2.75, 3.05) is 25.5 Å². The van der Waals surface area contributed by atoms with Crippen LogP contribution in [0.5, 0.6) is 5.75 Å². The van der Waals surface area contributed by atoms with Crippen LogP contribution in [-0.4, -0.2) is 36.7 Å². The van der Waals surface area contributed by atoms with E-state index in [4.69, 9.17) is 4.74 Å². The molecule has 3 rings (SSSR count). The Bertz CT molecular complexity index is 507. The monoisotopic (exact) mass is 271 g/mol. The standard InChI is InChI=1S/C16H21N3O/c1-20-15-6-4-13(5-7-15)18-16(12-17)8-10-19-9-2-3-14(19)11-16/h4-7,14,18H,2-3,8-11H2,1H3. The van der Waals surface area contributed by atoms with E-state index in [-0.39, 0.29) is 0 Å². The molecule has 2 unspecified atom stereocenters. The molecule has 2 fully saturated rings. The number of ether oxygens (including phenoxy) is 1. The molecule has 0 bridgehead atoms. The smallest absolute Gasteiger partial charge is 0.128 e. The predicted octanol–water partition coefficient (Wildman–Crippen LogP) is 2.63. The van der Waals surface area contributed by atoms with E-state index in [1.54, 1.807) is 7.11 Å². The number of nitrogens with zero attached hydrogens (tertiary/aromatic N) is 2. The molecule has 20 heavy (non-hydrogen) atoms. The van der Waals surface area contributed by atoms with Crippen molar-refractivity contribution in [1.82, 2.24) is 4.90 Å². The van der Waals surface area contributed by atoms with Crippen molar-refractivity contribution in [2.45, 2.75) is 37.3 Å². The molecule has 0 radical (unpaired) electrons. The number of anilines is 1. The van der Waals surface area contributed by atoms with Crippen LogP contribution in [0, 0.1) is 11.3 Å². The molecule has 4 heteroatoms. The fourth-order valence-electron chi connectivity index (χ4n) is 3.45. The van der Waals surface area contributed by atoms with Gasteiger partial charge in [-0.3, -0.25) is 0 Å². The molecule has 1 aromatic carbocycles. The first-order valence-corrected chi connectivity index (χ1v) is 7.32. The average Bonchev–Trinajstić information content (AvgIpc) is 2.95. The maximum atomic E-state index is 9.67. The lowest BCUT2D eigenvalue weighted by molar-refractivity contribution is 0.165. The van der Waals surface area contributed by atoms with E-state index in [2.05, 4.69) is 16.3 Å². The van der Waals surface area contributed by atoms with E-state index in [9.17, 15) is 5.26 Å². The van der Waals surface area contributed by atoms with Gasteiger partial charge in [0, 0.05) is 18.3 Å². The first-order chi connectivity index (χ1) is 9.74. The summed E-state index contributed by atoms with van der Waals surface area (Å²) in [5.41, 5.74) is 0.582. The average molecular weight is 271 g/mol. The van der Waals surface area contributed by atoms with Crippen molar-refractivity contribution in [3.63, 3.8) is 0 Å². The van der Waals surface area contributed by atoms with E-state index in [0.717, 1.165) is 30.8 Å². The molecule has 2 aliphatic heterocycles. The molecule has 2 aliphatic rings. The largest absolute Gasteiger partial charge is 0.497 e. The normalized spacial score (nSPS) is 29.5. The second kappa shape index (κ2) is 5.34. The van der Waals surface area contributed by atoms with Crippen LogP contribution in [0.4, 0.5) is 5.69 Å². The van der Waals surface area contributed by atoms with Gasteiger partial charge in [0.2, 0.25) is 0 Å². The lowest BCUT2D eigenvalue weighted by Gasteiger charge is -2.40. The van der Waals surface area contributed by atoms with Gasteiger partial charge in [0.25, 0.3) is 0 Å². The molecule has 4 nitrogen and oxygen atoms in total.